The topological polar surface area (TPSA) is 37.8 Å². The lowest BCUT2D eigenvalue weighted by Gasteiger charge is -2.33. The van der Waals surface area contributed by atoms with Crippen molar-refractivity contribution in [3.8, 4) is 0 Å². The van der Waals surface area contributed by atoms with Crippen LogP contribution in [0.2, 0.25) is 5.15 Å². The van der Waals surface area contributed by atoms with Crippen molar-refractivity contribution in [2.75, 3.05) is 5.32 Å². The summed E-state index contributed by atoms with van der Waals surface area (Å²) in [4.78, 5) is 9.13. The number of rotatable bonds is 6. The zero-order valence-corrected chi connectivity index (χ0v) is 13.1. The summed E-state index contributed by atoms with van der Waals surface area (Å²) < 4.78 is 0. The van der Waals surface area contributed by atoms with Gasteiger partial charge in [0.25, 0.3) is 0 Å². The highest BCUT2D eigenvalue weighted by Gasteiger charge is 2.30. The van der Waals surface area contributed by atoms with Gasteiger partial charge in [-0.1, -0.05) is 32.4 Å². The summed E-state index contributed by atoms with van der Waals surface area (Å²) in [7, 11) is 0. The first kappa shape index (κ1) is 14.6. The molecule has 1 aromatic heterocycles. The van der Waals surface area contributed by atoms with Crippen LogP contribution in [0.4, 0.5) is 5.82 Å². The van der Waals surface area contributed by atoms with Gasteiger partial charge in [-0.2, -0.15) is 0 Å². The Hall–Kier alpha value is -0.830. The minimum absolute atomic E-state index is 0.114. The molecule has 0 radical (unpaired) electrons. The Balaban J connectivity index is 2.32. The molecule has 0 atom stereocenters. The molecule has 2 rings (SSSR count). The van der Waals surface area contributed by atoms with E-state index in [0.717, 1.165) is 36.5 Å². The Labute approximate surface area is 121 Å². The summed E-state index contributed by atoms with van der Waals surface area (Å²) in [5.41, 5.74) is 1.08. The number of hydrogen-bond donors (Lipinski definition) is 1. The number of hydrogen-bond acceptors (Lipinski definition) is 3. The summed E-state index contributed by atoms with van der Waals surface area (Å²) in [6.45, 7) is 8.66. The van der Waals surface area contributed by atoms with Crippen molar-refractivity contribution in [1.82, 2.24) is 9.97 Å². The van der Waals surface area contributed by atoms with Crippen LogP contribution in [0.1, 0.15) is 70.2 Å². The Kier molecular flexibility index (Phi) is 4.34. The highest BCUT2D eigenvalue weighted by Crippen LogP contribution is 2.40. The quantitative estimate of drug-likeness (QED) is 0.768. The van der Waals surface area contributed by atoms with Crippen molar-refractivity contribution in [2.24, 2.45) is 0 Å². The number of halogens is 1. The molecule has 1 aliphatic rings. The molecule has 1 heterocycles. The van der Waals surface area contributed by atoms with Crippen molar-refractivity contribution in [1.29, 1.82) is 0 Å². The fraction of sp³-hybridized carbons (Fsp3) is 0.733. The molecule has 4 heteroatoms. The highest BCUT2D eigenvalue weighted by molar-refractivity contribution is 6.30. The first-order valence-electron chi connectivity index (χ1n) is 7.37. The molecule has 106 valence electrons. The molecule has 0 unspecified atom stereocenters. The van der Waals surface area contributed by atoms with E-state index in [4.69, 9.17) is 16.6 Å². The van der Waals surface area contributed by atoms with Crippen molar-refractivity contribution in [3.63, 3.8) is 0 Å². The number of nitrogens with one attached hydrogen (secondary N) is 1. The summed E-state index contributed by atoms with van der Waals surface area (Å²) in [5.74, 6) is 2.36. The molecular weight excluding hydrogens is 258 g/mol. The molecule has 0 aromatic carbocycles. The lowest BCUT2D eigenvalue weighted by Crippen LogP contribution is -2.37. The van der Waals surface area contributed by atoms with Crippen LogP contribution in [0, 0.1) is 6.92 Å². The number of nitrogens with zero attached hydrogens (tertiary/aromatic N) is 2. The van der Waals surface area contributed by atoms with Gasteiger partial charge in [0, 0.05) is 17.0 Å². The lowest BCUT2D eigenvalue weighted by atomic mass is 9.89. The SMILES string of the molecule is CCC(CC)(CC)Nc1nc(C2CC2)nc(Cl)c1C. The first-order chi connectivity index (χ1) is 9.05. The normalized spacial score (nSPS) is 15.6. The van der Waals surface area contributed by atoms with E-state index in [1.54, 1.807) is 0 Å². The van der Waals surface area contributed by atoms with E-state index < -0.39 is 0 Å². The summed E-state index contributed by atoms with van der Waals surface area (Å²) in [6, 6.07) is 0. The van der Waals surface area contributed by atoms with Gasteiger partial charge in [0.15, 0.2) is 0 Å². The molecule has 0 saturated heterocycles. The maximum absolute atomic E-state index is 6.26. The van der Waals surface area contributed by atoms with E-state index in [0.29, 0.717) is 11.1 Å². The van der Waals surface area contributed by atoms with Crippen LogP contribution in [-0.4, -0.2) is 15.5 Å². The summed E-state index contributed by atoms with van der Waals surface area (Å²) >= 11 is 6.26. The maximum Gasteiger partial charge on any atom is 0.137 e. The van der Waals surface area contributed by atoms with Gasteiger partial charge < -0.3 is 5.32 Å². The molecule has 1 saturated carbocycles. The third kappa shape index (κ3) is 3.02. The maximum atomic E-state index is 6.26. The second kappa shape index (κ2) is 5.66. The van der Waals surface area contributed by atoms with Gasteiger partial charge in [-0.15, -0.1) is 0 Å². The third-order valence-electron chi connectivity index (χ3n) is 4.46. The van der Waals surface area contributed by atoms with Gasteiger partial charge in [0.05, 0.1) is 0 Å². The minimum Gasteiger partial charge on any atom is -0.364 e. The van der Waals surface area contributed by atoms with E-state index in [1.807, 2.05) is 6.92 Å². The number of aromatic nitrogens is 2. The molecule has 3 nitrogen and oxygen atoms in total. The van der Waals surface area contributed by atoms with Gasteiger partial charge >= 0.3 is 0 Å². The van der Waals surface area contributed by atoms with Gasteiger partial charge in [-0.3, -0.25) is 0 Å². The molecule has 0 aliphatic heterocycles. The number of anilines is 1. The van der Waals surface area contributed by atoms with Crippen LogP contribution in [0.5, 0.6) is 0 Å². The molecule has 1 aromatic rings. The zero-order valence-electron chi connectivity index (χ0n) is 12.4. The molecule has 1 N–H and O–H groups in total. The van der Waals surface area contributed by atoms with Gasteiger partial charge in [-0.05, 0) is 39.0 Å². The minimum atomic E-state index is 0.114. The zero-order chi connectivity index (χ0) is 14.0. The molecule has 0 spiro atoms. The van der Waals surface area contributed by atoms with Crippen molar-refractivity contribution >= 4 is 17.4 Å². The van der Waals surface area contributed by atoms with Crippen molar-refractivity contribution in [3.05, 3.63) is 16.5 Å². The van der Waals surface area contributed by atoms with Crippen LogP contribution in [-0.2, 0) is 0 Å². The molecule has 1 aliphatic carbocycles. The van der Waals surface area contributed by atoms with E-state index in [2.05, 4.69) is 31.1 Å². The Bertz CT molecular complexity index is 443. The lowest BCUT2D eigenvalue weighted by molar-refractivity contribution is 0.418. The largest absolute Gasteiger partial charge is 0.364 e. The molecule has 19 heavy (non-hydrogen) atoms. The Morgan fingerprint density at radius 2 is 1.74 bits per heavy atom. The van der Waals surface area contributed by atoms with E-state index in [1.165, 1.54) is 12.8 Å². The smallest absolute Gasteiger partial charge is 0.137 e. The standard InChI is InChI=1S/C15H24ClN3/c1-5-15(6-2,7-3)19-13-10(4)12(16)17-14(18-13)11-8-9-11/h11H,5-9H2,1-4H3,(H,17,18,19). The first-order valence-corrected chi connectivity index (χ1v) is 7.75. The van der Waals surface area contributed by atoms with Crippen LogP contribution < -0.4 is 5.32 Å². The molecule has 1 fully saturated rings. The average molecular weight is 282 g/mol. The monoisotopic (exact) mass is 281 g/mol. The third-order valence-corrected chi connectivity index (χ3v) is 4.83. The van der Waals surface area contributed by atoms with Crippen LogP contribution >= 0.6 is 11.6 Å². The van der Waals surface area contributed by atoms with E-state index in [9.17, 15) is 0 Å². The Morgan fingerprint density at radius 3 is 2.21 bits per heavy atom. The van der Waals surface area contributed by atoms with Gasteiger partial charge in [-0.25, -0.2) is 9.97 Å². The molecule has 0 bridgehead atoms. The predicted octanol–water partition coefficient (Wildman–Crippen LogP) is 4.70. The van der Waals surface area contributed by atoms with Crippen LogP contribution in [0.25, 0.3) is 0 Å². The highest BCUT2D eigenvalue weighted by atomic mass is 35.5. The summed E-state index contributed by atoms with van der Waals surface area (Å²) in [6.07, 6.45) is 5.64. The second-order valence-electron chi connectivity index (χ2n) is 5.59. The molecular formula is C15H24ClN3. The predicted molar refractivity (Wildman–Crippen MR) is 81.0 cm³/mol. The van der Waals surface area contributed by atoms with Crippen LogP contribution in [0.15, 0.2) is 0 Å². The van der Waals surface area contributed by atoms with Gasteiger partial charge in [0.1, 0.15) is 16.8 Å². The summed E-state index contributed by atoms with van der Waals surface area (Å²) in [5, 5.41) is 4.23. The van der Waals surface area contributed by atoms with E-state index in [-0.39, 0.29) is 5.54 Å². The molecule has 0 amide bonds. The Morgan fingerprint density at radius 1 is 1.16 bits per heavy atom. The van der Waals surface area contributed by atoms with Gasteiger partial charge in [0.2, 0.25) is 0 Å². The fourth-order valence-corrected chi connectivity index (χ4v) is 2.59. The van der Waals surface area contributed by atoms with Crippen LogP contribution in [0.3, 0.4) is 0 Å². The second-order valence-corrected chi connectivity index (χ2v) is 5.94. The van der Waals surface area contributed by atoms with E-state index >= 15 is 0 Å². The van der Waals surface area contributed by atoms with Crippen molar-refractivity contribution < 1.29 is 0 Å². The average Bonchev–Trinajstić information content (AvgIpc) is 3.25. The fourth-order valence-electron chi connectivity index (χ4n) is 2.42. The van der Waals surface area contributed by atoms with Crippen molar-refractivity contribution in [2.45, 2.75) is 71.3 Å².